The maximum atomic E-state index is 12.5. The van der Waals surface area contributed by atoms with Crippen molar-refractivity contribution in [2.75, 3.05) is 14.1 Å². The second-order valence-corrected chi connectivity index (χ2v) is 9.71. The second kappa shape index (κ2) is 6.20. The molecule has 0 spiro atoms. The van der Waals surface area contributed by atoms with E-state index < -0.39 is 21.4 Å². The maximum Gasteiger partial charge on any atom is 0.420 e. The summed E-state index contributed by atoms with van der Waals surface area (Å²) in [5.74, 6) is -0.697. The normalized spacial score (nSPS) is 25.7. The molecule has 1 saturated heterocycles. The smallest absolute Gasteiger partial charge is 0.420 e. The summed E-state index contributed by atoms with van der Waals surface area (Å²) in [5.41, 5.74) is 0.0278. The van der Waals surface area contributed by atoms with E-state index in [1.54, 1.807) is 6.07 Å². The Balaban J connectivity index is 1.76. The van der Waals surface area contributed by atoms with E-state index in [-0.39, 0.29) is 28.9 Å². The fourth-order valence-electron chi connectivity index (χ4n) is 4.25. The zero-order valence-corrected chi connectivity index (χ0v) is 16.1. The standard InChI is InChI=1S/C18H22N2O6S/c1-19(2)27(23,24)13-6-7-14-15(10-13)25-17(22)20(14)11-18-8-4-3-5-12(18)9-16(21)26-18/h6-7,10,12H,3-5,8-9,11H2,1-2H3/t12-,18+/m0/s1. The number of carbonyl (C=O) groups is 1. The fraction of sp³-hybridized carbons (Fsp3) is 0.556. The molecule has 1 aromatic carbocycles. The van der Waals surface area contributed by atoms with Gasteiger partial charge in [-0.25, -0.2) is 17.5 Å². The largest absolute Gasteiger partial charge is 0.457 e. The van der Waals surface area contributed by atoms with Crippen LogP contribution in [0.5, 0.6) is 0 Å². The second-order valence-electron chi connectivity index (χ2n) is 7.56. The van der Waals surface area contributed by atoms with Crippen LogP contribution < -0.4 is 5.76 Å². The molecular formula is C18H22N2O6S. The summed E-state index contributed by atoms with van der Waals surface area (Å²) in [7, 11) is -0.745. The molecule has 1 saturated carbocycles. The third-order valence-electron chi connectivity index (χ3n) is 5.72. The van der Waals surface area contributed by atoms with Gasteiger partial charge in [0.2, 0.25) is 10.0 Å². The highest BCUT2D eigenvalue weighted by atomic mass is 32.2. The Morgan fingerprint density at radius 2 is 2.04 bits per heavy atom. The lowest BCUT2D eigenvalue weighted by molar-refractivity contribution is -0.152. The zero-order chi connectivity index (χ0) is 19.4. The quantitative estimate of drug-likeness (QED) is 0.732. The minimum Gasteiger partial charge on any atom is -0.457 e. The molecule has 146 valence electrons. The van der Waals surface area contributed by atoms with Gasteiger partial charge in [0.15, 0.2) is 5.58 Å². The Bertz CT molecular complexity index is 1070. The van der Waals surface area contributed by atoms with E-state index in [4.69, 9.17) is 9.15 Å². The number of carbonyl (C=O) groups excluding carboxylic acids is 1. The average molecular weight is 394 g/mol. The van der Waals surface area contributed by atoms with Crippen LogP contribution in [0, 0.1) is 5.92 Å². The minimum absolute atomic E-state index is 0.0573. The van der Waals surface area contributed by atoms with Crippen LogP contribution in [0.4, 0.5) is 0 Å². The van der Waals surface area contributed by atoms with Gasteiger partial charge in [-0.1, -0.05) is 6.42 Å². The Kier molecular flexibility index (Phi) is 4.19. The highest BCUT2D eigenvalue weighted by Gasteiger charge is 2.50. The van der Waals surface area contributed by atoms with Crippen molar-refractivity contribution in [3.8, 4) is 0 Å². The lowest BCUT2D eigenvalue weighted by Crippen LogP contribution is -2.44. The van der Waals surface area contributed by atoms with E-state index in [1.165, 1.54) is 30.8 Å². The Morgan fingerprint density at radius 3 is 2.78 bits per heavy atom. The van der Waals surface area contributed by atoms with Gasteiger partial charge in [-0.15, -0.1) is 0 Å². The van der Waals surface area contributed by atoms with Crippen LogP contribution in [-0.2, 0) is 26.1 Å². The Morgan fingerprint density at radius 1 is 1.26 bits per heavy atom. The van der Waals surface area contributed by atoms with Gasteiger partial charge in [-0.3, -0.25) is 9.36 Å². The summed E-state index contributed by atoms with van der Waals surface area (Å²) in [4.78, 5) is 24.4. The first-order chi connectivity index (χ1) is 12.7. The van der Waals surface area contributed by atoms with Crippen molar-refractivity contribution in [2.45, 2.75) is 49.1 Å². The monoisotopic (exact) mass is 394 g/mol. The molecule has 1 aliphatic heterocycles. The summed E-state index contributed by atoms with van der Waals surface area (Å²) >= 11 is 0. The van der Waals surface area contributed by atoms with E-state index in [2.05, 4.69) is 0 Å². The van der Waals surface area contributed by atoms with Crippen LogP contribution in [0.1, 0.15) is 32.1 Å². The van der Waals surface area contributed by atoms with Crippen LogP contribution in [0.15, 0.2) is 32.3 Å². The van der Waals surface area contributed by atoms with Gasteiger partial charge < -0.3 is 9.15 Å². The number of esters is 1. The van der Waals surface area contributed by atoms with Gasteiger partial charge in [-0.05, 0) is 31.4 Å². The number of hydrogen-bond donors (Lipinski definition) is 0. The van der Waals surface area contributed by atoms with Crippen LogP contribution in [0.2, 0.25) is 0 Å². The lowest BCUT2D eigenvalue weighted by atomic mass is 9.75. The van der Waals surface area contributed by atoms with E-state index in [0.717, 1.165) is 30.0 Å². The molecule has 0 unspecified atom stereocenters. The van der Waals surface area contributed by atoms with E-state index >= 15 is 0 Å². The molecule has 2 heterocycles. The number of hydrogen-bond acceptors (Lipinski definition) is 6. The SMILES string of the molecule is CN(C)S(=O)(=O)c1ccc2c(c1)oc(=O)n2C[C@]12CCCC[C@H]1CC(=O)O2. The molecule has 0 radical (unpaired) electrons. The van der Waals surface area contributed by atoms with E-state index in [9.17, 15) is 18.0 Å². The topological polar surface area (TPSA) is 98.8 Å². The van der Waals surface area contributed by atoms with Gasteiger partial charge in [0.05, 0.1) is 23.4 Å². The van der Waals surface area contributed by atoms with Crippen molar-refractivity contribution in [2.24, 2.45) is 5.92 Å². The van der Waals surface area contributed by atoms with Gasteiger partial charge in [0.25, 0.3) is 0 Å². The number of oxazole rings is 1. The summed E-state index contributed by atoms with van der Waals surface area (Å²) in [6.07, 6.45) is 4.00. The predicted octanol–water partition coefficient (Wildman–Crippen LogP) is 1.72. The van der Waals surface area contributed by atoms with Crippen LogP contribution >= 0.6 is 0 Å². The van der Waals surface area contributed by atoms with Gasteiger partial charge in [0, 0.05) is 26.1 Å². The molecule has 4 rings (SSSR count). The average Bonchev–Trinajstić information content (AvgIpc) is 3.10. The number of ether oxygens (including phenoxy) is 1. The summed E-state index contributed by atoms with van der Waals surface area (Å²) < 4.78 is 38.2. The minimum atomic E-state index is -3.63. The molecule has 0 N–H and O–H groups in total. The van der Waals surface area contributed by atoms with Crippen LogP contribution in [0.25, 0.3) is 11.1 Å². The number of fused-ring (bicyclic) bond motifs is 2. The van der Waals surface area contributed by atoms with Crippen molar-refractivity contribution < 1.29 is 22.4 Å². The van der Waals surface area contributed by atoms with Crippen LogP contribution in [0.3, 0.4) is 0 Å². The summed E-state index contributed by atoms with van der Waals surface area (Å²) in [6.45, 7) is 0.231. The van der Waals surface area contributed by atoms with Gasteiger partial charge in [-0.2, -0.15) is 0 Å². The number of aromatic nitrogens is 1. The third kappa shape index (κ3) is 2.89. The summed E-state index contributed by atoms with van der Waals surface area (Å²) in [5, 5.41) is 0. The first-order valence-corrected chi connectivity index (χ1v) is 10.4. The highest BCUT2D eigenvalue weighted by Crippen LogP contribution is 2.45. The molecular weight excluding hydrogens is 372 g/mol. The molecule has 0 amide bonds. The molecule has 0 bridgehead atoms. The lowest BCUT2D eigenvalue weighted by Gasteiger charge is -2.37. The molecule has 8 nitrogen and oxygen atoms in total. The van der Waals surface area contributed by atoms with Crippen molar-refractivity contribution in [3.05, 3.63) is 28.7 Å². The zero-order valence-electron chi connectivity index (χ0n) is 15.3. The Hall–Kier alpha value is -2.13. The number of sulfonamides is 1. The van der Waals surface area contributed by atoms with Crippen molar-refractivity contribution >= 4 is 27.1 Å². The van der Waals surface area contributed by atoms with Crippen molar-refractivity contribution in [1.29, 1.82) is 0 Å². The number of nitrogens with zero attached hydrogens (tertiary/aromatic N) is 2. The van der Waals surface area contributed by atoms with E-state index in [1.807, 2.05) is 0 Å². The van der Waals surface area contributed by atoms with Crippen LogP contribution in [-0.4, -0.2) is 43.0 Å². The molecule has 2 atom stereocenters. The third-order valence-corrected chi connectivity index (χ3v) is 7.53. The van der Waals surface area contributed by atoms with E-state index in [0.29, 0.717) is 11.9 Å². The molecule has 2 aromatic rings. The van der Waals surface area contributed by atoms with Crippen molar-refractivity contribution in [1.82, 2.24) is 8.87 Å². The Labute approximate surface area is 156 Å². The highest BCUT2D eigenvalue weighted by molar-refractivity contribution is 7.89. The van der Waals surface area contributed by atoms with Gasteiger partial charge in [0.1, 0.15) is 5.60 Å². The molecule has 27 heavy (non-hydrogen) atoms. The van der Waals surface area contributed by atoms with Crippen molar-refractivity contribution in [3.63, 3.8) is 0 Å². The predicted molar refractivity (Wildman–Crippen MR) is 96.7 cm³/mol. The molecule has 2 fully saturated rings. The first kappa shape index (κ1) is 18.2. The molecule has 1 aromatic heterocycles. The number of rotatable bonds is 4. The fourth-order valence-corrected chi connectivity index (χ4v) is 5.17. The first-order valence-electron chi connectivity index (χ1n) is 9.01. The van der Waals surface area contributed by atoms with Gasteiger partial charge >= 0.3 is 11.7 Å². The molecule has 1 aliphatic carbocycles. The number of benzene rings is 1. The maximum absolute atomic E-state index is 12.5. The summed E-state index contributed by atoms with van der Waals surface area (Å²) in [6, 6.07) is 4.39. The molecule has 9 heteroatoms. The molecule has 2 aliphatic rings.